The third-order valence-electron chi connectivity index (χ3n) is 3.30. The number of benzene rings is 1. The van der Waals surface area contributed by atoms with Gasteiger partial charge in [0.15, 0.2) is 0 Å². The Bertz CT molecular complexity index is 506. The molecular weight excluding hydrogens is 266 g/mol. The molecule has 0 aromatic heterocycles. The van der Waals surface area contributed by atoms with E-state index in [1.54, 1.807) is 19.2 Å². The summed E-state index contributed by atoms with van der Waals surface area (Å²) >= 11 is 0. The van der Waals surface area contributed by atoms with Gasteiger partial charge >= 0.3 is 0 Å². The first-order chi connectivity index (χ1) is 9.04. The molecule has 0 saturated carbocycles. The molecule has 1 N–H and O–H groups in total. The first-order valence-electron chi connectivity index (χ1n) is 6.32. The zero-order valence-electron chi connectivity index (χ0n) is 10.9. The zero-order chi connectivity index (χ0) is 13.9. The fraction of sp³-hybridized carbons (Fsp3) is 0.538. The van der Waals surface area contributed by atoms with Crippen molar-refractivity contribution in [2.75, 3.05) is 20.2 Å². The van der Waals surface area contributed by atoms with Crippen molar-refractivity contribution in [1.82, 2.24) is 4.31 Å². The van der Waals surface area contributed by atoms with Gasteiger partial charge < -0.3 is 9.84 Å². The summed E-state index contributed by atoms with van der Waals surface area (Å²) in [6.07, 6.45) is 1.89. The first kappa shape index (κ1) is 14.5. The topological polar surface area (TPSA) is 66.8 Å². The van der Waals surface area contributed by atoms with Gasteiger partial charge in [-0.3, -0.25) is 0 Å². The number of aliphatic hydroxyl groups excluding tert-OH is 1. The molecule has 1 heterocycles. The average Bonchev–Trinajstić information content (AvgIpc) is 2.91. The minimum Gasteiger partial charge on any atom is -0.392 e. The first-order valence-corrected chi connectivity index (χ1v) is 7.76. The lowest BCUT2D eigenvalue weighted by Crippen LogP contribution is -2.34. The standard InChI is InChI=1S/C13H19NO4S/c1-14(9-12-3-2-8-18-12)19(16,17)13-6-4-11(10-15)5-7-13/h4-7,12,15H,2-3,8-10H2,1H3. The van der Waals surface area contributed by atoms with Crippen LogP contribution in [0.1, 0.15) is 18.4 Å². The van der Waals surface area contributed by atoms with E-state index in [-0.39, 0.29) is 17.6 Å². The highest BCUT2D eigenvalue weighted by atomic mass is 32.2. The number of hydrogen-bond acceptors (Lipinski definition) is 4. The van der Waals surface area contributed by atoms with E-state index in [1.165, 1.54) is 16.4 Å². The molecule has 1 saturated heterocycles. The minimum atomic E-state index is -3.48. The molecule has 1 aromatic rings. The van der Waals surface area contributed by atoms with E-state index < -0.39 is 10.0 Å². The summed E-state index contributed by atoms with van der Waals surface area (Å²) in [7, 11) is -1.91. The predicted octanol–water partition coefficient (Wildman–Crippen LogP) is 0.978. The molecule has 106 valence electrons. The monoisotopic (exact) mass is 285 g/mol. The molecule has 5 nitrogen and oxygen atoms in total. The molecule has 1 aromatic carbocycles. The van der Waals surface area contributed by atoms with Gasteiger partial charge in [0.2, 0.25) is 10.0 Å². The highest BCUT2D eigenvalue weighted by Crippen LogP contribution is 2.19. The van der Waals surface area contributed by atoms with E-state index in [0.717, 1.165) is 12.8 Å². The van der Waals surface area contributed by atoms with Gasteiger partial charge in [-0.15, -0.1) is 0 Å². The summed E-state index contributed by atoms with van der Waals surface area (Å²) in [4.78, 5) is 0.241. The number of ether oxygens (including phenoxy) is 1. The van der Waals surface area contributed by atoms with Gasteiger partial charge in [0.25, 0.3) is 0 Å². The Morgan fingerprint density at radius 2 is 2.05 bits per heavy atom. The largest absolute Gasteiger partial charge is 0.392 e. The maximum Gasteiger partial charge on any atom is 0.242 e. The van der Waals surface area contributed by atoms with Crippen LogP contribution in [0.15, 0.2) is 29.2 Å². The van der Waals surface area contributed by atoms with E-state index in [0.29, 0.717) is 18.7 Å². The molecule has 0 radical (unpaired) electrons. The zero-order valence-corrected chi connectivity index (χ0v) is 11.8. The van der Waals surface area contributed by atoms with Crippen LogP contribution >= 0.6 is 0 Å². The fourth-order valence-corrected chi connectivity index (χ4v) is 3.32. The van der Waals surface area contributed by atoms with Gasteiger partial charge in [-0.1, -0.05) is 12.1 Å². The van der Waals surface area contributed by atoms with Gasteiger partial charge in [0.1, 0.15) is 0 Å². The molecule has 1 atom stereocenters. The summed E-state index contributed by atoms with van der Waals surface area (Å²) in [5.41, 5.74) is 0.695. The van der Waals surface area contributed by atoms with Crippen LogP contribution in [-0.2, 0) is 21.4 Å². The quantitative estimate of drug-likeness (QED) is 0.875. The molecule has 0 aliphatic carbocycles. The molecule has 0 spiro atoms. The Morgan fingerprint density at radius 1 is 1.37 bits per heavy atom. The Hall–Kier alpha value is -0.950. The minimum absolute atomic E-state index is 0.00325. The summed E-state index contributed by atoms with van der Waals surface area (Å²) in [6.45, 7) is 1.000. The molecular formula is C13H19NO4S. The van der Waals surface area contributed by atoms with Gasteiger partial charge in [-0.25, -0.2) is 8.42 Å². The number of hydrogen-bond donors (Lipinski definition) is 1. The number of likely N-dealkylation sites (N-methyl/N-ethyl adjacent to an activating group) is 1. The lowest BCUT2D eigenvalue weighted by atomic mass is 10.2. The maximum atomic E-state index is 12.3. The van der Waals surface area contributed by atoms with Crippen LogP contribution in [0.25, 0.3) is 0 Å². The second kappa shape index (κ2) is 6.00. The van der Waals surface area contributed by atoms with E-state index in [1.807, 2.05) is 0 Å². The van der Waals surface area contributed by atoms with Crippen LogP contribution in [-0.4, -0.2) is 44.1 Å². The Morgan fingerprint density at radius 3 is 2.58 bits per heavy atom. The van der Waals surface area contributed by atoms with Gasteiger partial charge in [-0.2, -0.15) is 4.31 Å². The average molecular weight is 285 g/mol. The van der Waals surface area contributed by atoms with Crippen molar-refractivity contribution in [2.24, 2.45) is 0 Å². The second-order valence-corrected chi connectivity index (χ2v) is 6.77. The van der Waals surface area contributed by atoms with Crippen molar-refractivity contribution >= 4 is 10.0 Å². The van der Waals surface area contributed by atoms with Crippen molar-refractivity contribution in [2.45, 2.75) is 30.4 Å². The third kappa shape index (κ3) is 3.33. The van der Waals surface area contributed by atoms with Crippen LogP contribution in [0, 0.1) is 0 Å². The smallest absolute Gasteiger partial charge is 0.242 e. The molecule has 19 heavy (non-hydrogen) atoms. The molecule has 1 unspecified atom stereocenters. The number of aliphatic hydroxyl groups is 1. The highest BCUT2D eigenvalue weighted by molar-refractivity contribution is 7.89. The van der Waals surface area contributed by atoms with Gasteiger partial charge in [0.05, 0.1) is 17.6 Å². The summed E-state index contributed by atoms with van der Waals surface area (Å²) in [5, 5.41) is 8.95. The summed E-state index contributed by atoms with van der Waals surface area (Å²) in [6, 6.07) is 6.28. The van der Waals surface area contributed by atoms with Crippen molar-refractivity contribution in [3.63, 3.8) is 0 Å². The van der Waals surface area contributed by atoms with E-state index >= 15 is 0 Å². The van der Waals surface area contributed by atoms with Crippen LogP contribution < -0.4 is 0 Å². The fourth-order valence-electron chi connectivity index (χ4n) is 2.12. The number of sulfonamides is 1. The van der Waals surface area contributed by atoms with Crippen molar-refractivity contribution < 1.29 is 18.3 Å². The van der Waals surface area contributed by atoms with Crippen LogP contribution in [0.4, 0.5) is 0 Å². The maximum absolute atomic E-state index is 12.3. The van der Waals surface area contributed by atoms with Crippen molar-refractivity contribution in [1.29, 1.82) is 0 Å². The van der Waals surface area contributed by atoms with Crippen LogP contribution in [0.2, 0.25) is 0 Å². The lowest BCUT2D eigenvalue weighted by molar-refractivity contribution is 0.0979. The Balaban J connectivity index is 2.10. The SMILES string of the molecule is CN(CC1CCCO1)S(=O)(=O)c1ccc(CO)cc1. The molecule has 1 aliphatic rings. The van der Waals surface area contributed by atoms with Crippen LogP contribution in [0.5, 0.6) is 0 Å². The number of nitrogens with zero attached hydrogens (tertiary/aromatic N) is 1. The van der Waals surface area contributed by atoms with E-state index in [4.69, 9.17) is 9.84 Å². The molecule has 0 bridgehead atoms. The second-order valence-electron chi connectivity index (χ2n) is 4.72. The lowest BCUT2D eigenvalue weighted by Gasteiger charge is -2.20. The Labute approximate surface area is 113 Å². The Kier molecular flexibility index (Phi) is 4.57. The highest BCUT2D eigenvalue weighted by Gasteiger charge is 2.25. The predicted molar refractivity (Wildman–Crippen MR) is 71.2 cm³/mol. The number of rotatable bonds is 5. The molecule has 0 amide bonds. The third-order valence-corrected chi connectivity index (χ3v) is 5.14. The molecule has 6 heteroatoms. The van der Waals surface area contributed by atoms with E-state index in [2.05, 4.69) is 0 Å². The molecule has 1 fully saturated rings. The van der Waals surface area contributed by atoms with Gasteiger partial charge in [-0.05, 0) is 30.5 Å². The van der Waals surface area contributed by atoms with Crippen molar-refractivity contribution in [3.8, 4) is 0 Å². The van der Waals surface area contributed by atoms with E-state index in [9.17, 15) is 8.42 Å². The normalized spacial score (nSPS) is 20.1. The molecule has 1 aliphatic heterocycles. The summed E-state index contributed by atoms with van der Waals surface area (Å²) < 4.78 is 31.4. The van der Waals surface area contributed by atoms with Gasteiger partial charge in [0, 0.05) is 20.2 Å². The van der Waals surface area contributed by atoms with Crippen LogP contribution in [0.3, 0.4) is 0 Å². The summed E-state index contributed by atoms with van der Waals surface area (Å²) in [5.74, 6) is 0. The molecule has 2 rings (SSSR count). The van der Waals surface area contributed by atoms with Crippen molar-refractivity contribution in [3.05, 3.63) is 29.8 Å².